The highest BCUT2D eigenvalue weighted by molar-refractivity contribution is 5.79. The molecule has 1 saturated carbocycles. The second-order valence-electron chi connectivity index (χ2n) is 8.10. The van der Waals surface area contributed by atoms with Crippen molar-refractivity contribution in [3.8, 4) is 0 Å². The molecule has 4 nitrogen and oxygen atoms in total. The predicted octanol–water partition coefficient (Wildman–Crippen LogP) is 4.34. The van der Waals surface area contributed by atoms with Gasteiger partial charge in [0.2, 0.25) is 5.91 Å². The lowest BCUT2D eigenvalue weighted by atomic mass is 9.88. The molecule has 1 amide bonds. The molecule has 3 rings (SSSR count). The summed E-state index contributed by atoms with van der Waals surface area (Å²) in [6, 6.07) is 5.19. The number of hydrogen-bond donors (Lipinski definition) is 0. The van der Waals surface area contributed by atoms with E-state index in [9.17, 15) is 18.0 Å². The van der Waals surface area contributed by atoms with Crippen LogP contribution < -0.4 is 0 Å². The number of ether oxygens (including phenoxy) is 1. The molecule has 0 radical (unpaired) electrons. The minimum atomic E-state index is -4.34. The third kappa shape index (κ3) is 6.71. The molecule has 0 spiro atoms. The Bertz CT molecular complexity index is 636. The van der Waals surface area contributed by atoms with Crippen molar-refractivity contribution in [1.29, 1.82) is 0 Å². The highest BCUT2D eigenvalue weighted by Gasteiger charge is 2.30. The van der Waals surface area contributed by atoms with Crippen molar-refractivity contribution >= 4 is 5.91 Å². The minimum absolute atomic E-state index is 0.0570. The van der Waals surface area contributed by atoms with Crippen LogP contribution in [0.3, 0.4) is 0 Å². The second-order valence-corrected chi connectivity index (χ2v) is 8.10. The van der Waals surface area contributed by atoms with E-state index in [2.05, 4.69) is 4.90 Å². The number of nitrogens with zero attached hydrogens (tertiary/aromatic N) is 2. The Hall–Kier alpha value is -1.60. The number of hydrogen-bond acceptors (Lipinski definition) is 3. The van der Waals surface area contributed by atoms with Crippen molar-refractivity contribution in [3.05, 3.63) is 35.4 Å². The van der Waals surface area contributed by atoms with E-state index in [0.717, 1.165) is 82.6 Å². The first kappa shape index (κ1) is 22.1. The fourth-order valence-corrected chi connectivity index (χ4v) is 4.20. The van der Waals surface area contributed by atoms with Gasteiger partial charge in [0.1, 0.15) is 0 Å². The summed E-state index contributed by atoms with van der Waals surface area (Å²) in [5.74, 6) is 0.216. The Kier molecular flexibility index (Phi) is 7.95. The third-order valence-electron chi connectivity index (χ3n) is 5.93. The first-order valence-corrected chi connectivity index (χ1v) is 10.7. The van der Waals surface area contributed by atoms with Gasteiger partial charge in [-0.25, -0.2) is 0 Å². The summed E-state index contributed by atoms with van der Waals surface area (Å²) in [7, 11) is 0. The van der Waals surface area contributed by atoms with Crippen molar-refractivity contribution in [2.45, 2.75) is 51.2 Å². The number of benzene rings is 1. The van der Waals surface area contributed by atoms with Crippen LogP contribution in [0.5, 0.6) is 0 Å². The van der Waals surface area contributed by atoms with Gasteiger partial charge < -0.3 is 9.64 Å². The number of carbonyl (C=O) groups excluding carboxylic acids is 1. The van der Waals surface area contributed by atoms with Crippen molar-refractivity contribution in [2.24, 2.45) is 5.92 Å². The maximum atomic E-state index is 13.1. The molecule has 2 fully saturated rings. The van der Waals surface area contributed by atoms with Crippen LogP contribution in [-0.2, 0) is 22.3 Å². The molecule has 0 N–H and O–H groups in total. The fraction of sp³-hybridized carbons (Fsp3) is 0.682. The third-order valence-corrected chi connectivity index (χ3v) is 5.93. The summed E-state index contributed by atoms with van der Waals surface area (Å²) >= 11 is 0. The molecule has 0 aromatic heterocycles. The highest BCUT2D eigenvalue weighted by Crippen LogP contribution is 2.30. The largest absolute Gasteiger partial charge is 0.416 e. The minimum Gasteiger partial charge on any atom is -0.379 e. The summed E-state index contributed by atoms with van der Waals surface area (Å²) in [4.78, 5) is 17.3. The van der Waals surface area contributed by atoms with Crippen LogP contribution in [0.25, 0.3) is 0 Å². The quantitative estimate of drug-likeness (QED) is 0.668. The molecule has 1 aliphatic heterocycles. The Morgan fingerprint density at radius 2 is 1.72 bits per heavy atom. The molecular formula is C22H31F3N2O2. The van der Waals surface area contributed by atoms with Crippen LogP contribution in [0.4, 0.5) is 13.2 Å². The summed E-state index contributed by atoms with van der Waals surface area (Å²) in [5.41, 5.74) is 0.0901. The second kappa shape index (κ2) is 10.4. The van der Waals surface area contributed by atoms with Crippen molar-refractivity contribution in [1.82, 2.24) is 9.80 Å². The van der Waals surface area contributed by atoms with E-state index in [1.54, 1.807) is 0 Å². The maximum Gasteiger partial charge on any atom is 0.416 e. The van der Waals surface area contributed by atoms with Gasteiger partial charge in [0.15, 0.2) is 0 Å². The van der Waals surface area contributed by atoms with Crippen molar-refractivity contribution < 1.29 is 22.7 Å². The van der Waals surface area contributed by atoms with Gasteiger partial charge in [-0.2, -0.15) is 13.2 Å². The normalized spacial score (nSPS) is 19.3. The average Bonchev–Trinajstić information content (AvgIpc) is 2.73. The molecule has 2 aliphatic rings. The number of amides is 1. The van der Waals surface area contributed by atoms with E-state index >= 15 is 0 Å². The maximum absolute atomic E-state index is 13.1. The van der Waals surface area contributed by atoms with Gasteiger partial charge in [-0.15, -0.1) is 0 Å². The first-order valence-electron chi connectivity index (χ1n) is 10.7. The number of alkyl halides is 3. The molecule has 1 saturated heterocycles. The average molecular weight is 412 g/mol. The number of morpholine rings is 1. The smallest absolute Gasteiger partial charge is 0.379 e. The zero-order valence-electron chi connectivity index (χ0n) is 16.9. The molecule has 0 bridgehead atoms. The lowest BCUT2D eigenvalue weighted by Crippen LogP contribution is -2.40. The number of rotatable bonds is 7. The SMILES string of the molecule is O=C(C1CCCCC1)N(CCCN1CCOCC1)Cc1ccc(C(F)(F)F)cc1. The zero-order chi connectivity index (χ0) is 20.7. The molecule has 1 heterocycles. The van der Waals surface area contributed by atoms with E-state index in [0.29, 0.717) is 13.1 Å². The summed E-state index contributed by atoms with van der Waals surface area (Å²) < 4.78 is 43.8. The highest BCUT2D eigenvalue weighted by atomic mass is 19.4. The summed E-state index contributed by atoms with van der Waals surface area (Å²) in [5, 5.41) is 0. The van der Waals surface area contributed by atoms with Crippen LogP contribution in [0.15, 0.2) is 24.3 Å². The van der Waals surface area contributed by atoms with Crippen LogP contribution in [0.1, 0.15) is 49.7 Å². The molecule has 1 aromatic rings. The van der Waals surface area contributed by atoms with Crippen LogP contribution >= 0.6 is 0 Å². The number of halogens is 3. The molecule has 0 unspecified atom stereocenters. The zero-order valence-corrected chi connectivity index (χ0v) is 16.9. The molecule has 1 aromatic carbocycles. The first-order chi connectivity index (χ1) is 13.9. The van der Waals surface area contributed by atoms with Crippen molar-refractivity contribution in [3.63, 3.8) is 0 Å². The standard InChI is InChI=1S/C22H31F3N2O2/c23-22(24,25)20-9-7-18(8-10-20)17-27(21(28)19-5-2-1-3-6-19)12-4-11-26-13-15-29-16-14-26/h7-10,19H,1-6,11-17H2. The Balaban J connectivity index is 1.61. The van der Waals surface area contributed by atoms with Gasteiger partial charge in [0.05, 0.1) is 18.8 Å². The molecule has 0 atom stereocenters. The van der Waals surface area contributed by atoms with Gasteiger partial charge in [0, 0.05) is 38.6 Å². The lowest BCUT2D eigenvalue weighted by molar-refractivity contribution is -0.138. The molecule has 162 valence electrons. The van der Waals surface area contributed by atoms with Crippen LogP contribution in [-0.4, -0.2) is 55.1 Å². The van der Waals surface area contributed by atoms with Gasteiger partial charge in [-0.1, -0.05) is 31.4 Å². The molecular weight excluding hydrogens is 381 g/mol. The van der Waals surface area contributed by atoms with E-state index in [1.165, 1.54) is 18.6 Å². The monoisotopic (exact) mass is 412 g/mol. The topological polar surface area (TPSA) is 32.8 Å². The summed E-state index contributed by atoms with van der Waals surface area (Å²) in [6.07, 6.45) is 1.71. The Labute approximate surface area is 171 Å². The lowest BCUT2D eigenvalue weighted by Gasteiger charge is -2.31. The molecule has 29 heavy (non-hydrogen) atoms. The van der Waals surface area contributed by atoms with Crippen molar-refractivity contribution in [2.75, 3.05) is 39.4 Å². The van der Waals surface area contributed by atoms with Crippen LogP contribution in [0.2, 0.25) is 0 Å². The van der Waals surface area contributed by atoms with E-state index < -0.39 is 11.7 Å². The van der Waals surface area contributed by atoms with Gasteiger partial charge in [-0.05, 0) is 37.0 Å². The number of carbonyl (C=O) groups is 1. The van der Waals surface area contributed by atoms with Gasteiger partial charge in [0.25, 0.3) is 0 Å². The van der Waals surface area contributed by atoms with E-state index in [1.807, 2.05) is 4.90 Å². The van der Waals surface area contributed by atoms with Crippen LogP contribution in [0, 0.1) is 5.92 Å². The Morgan fingerprint density at radius 1 is 1.07 bits per heavy atom. The summed E-state index contributed by atoms with van der Waals surface area (Å²) in [6.45, 7) is 5.23. The fourth-order valence-electron chi connectivity index (χ4n) is 4.20. The predicted molar refractivity (Wildman–Crippen MR) is 105 cm³/mol. The molecule has 1 aliphatic carbocycles. The van der Waals surface area contributed by atoms with E-state index in [4.69, 9.17) is 4.74 Å². The van der Waals surface area contributed by atoms with E-state index in [-0.39, 0.29) is 11.8 Å². The molecule has 7 heteroatoms. The van der Waals surface area contributed by atoms with Gasteiger partial charge in [-0.3, -0.25) is 9.69 Å². The Morgan fingerprint density at radius 3 is 2.34 bits per heavy atom. The van der Waals surface area contributed by atoms with Gasteiger partial charge >= 0.3 is 6.18 Å².